The average molecular weight is 253 g/mol. The fraction of sp³-hybridized carbons (Fsp3) is 0.417. The normalized spacial score (nSPS) is 11.2. The molecule has 2 nitrogen and oxygen atoms in total. The van der Waals surface area contributed by atoms with Crippen LogP contribution in [0.25, 0.3) is 0 Å². The van der Waals surface area contributed by atoms with Gasteiger partial charge in [0.25, 0.3) is 0 Å². The van der Waals surface area contributed by atoms with Crippen LogP contribution in [0.1, 0.15) is 18.2 Å². The number of nitrogen functional groups attached to an aromatic ring is 1. The first-order valence-electron chi connectivity index (χ1n) is 5.27. The van der Waals surface area contributed by atoms with Gasteiger partial charge in [-0.1, -0.05) is 38.2 Å². The van der Waals surface area contributed by atoms with E-state index in [1.807, 2.05) is 6.92 Å². The Morgan fingerprint density at radius 3 is 2.38 bits per heavy atom. The van der Waals surface area contributed by atoms with Crippen molar-refractivity contribution < 1.29 is 0 Å². The van der Waals surface area contributed by atoms with E-state index < -0.39 is 8.07 Å². The topological polar surface area (TPSA) is 38.9 Å². The van der Waals surface area contributed by atoms with Crippen molar-refractivity contribution in [1.29, 1.82) is 0 Å². The van der Waals surface area contributed by atoms with Crippen LogP contribution in [0, 0.1) is 12.3 Å². The number of nitrogens with two attached hydrogens (primary N) is 1. The molecule has 1 rings (SSSR count). The zero-order valence-electron chi connectivity index (χ0n) is 10.2. The minimum absolute atomic E-state index is 0.519. The summed E-state index contributed by atoms with van der Waals surface area (Å²) < 4.78 is 0. The number of halogens is 1. The number of terminal acetylenes is 1. The largest absolute Gasteiger partial charge is 0.397 e. The Kier molecular flexibility index (Phi) is 3.67. The zero-order chi connectivity index (χ0) is 12.5. The lowest BCUT2D eigenvalue weighted by molar-refractivity contribution is 1.12. The van der Waals surface area contributed by atoms with Gasteiger partial charge in [-0.3, -0.25) is 0 Å². The van der Waals surface area contributed by atoms with Crippen LogP contribution in [-0.4, -0.2) is 13.1 Å². The van der Waals surface area contributed by atoms with Crippen LogP contribution < -0.4 is 11.1 Å². The Balaban J connectivity index is 3.61. The van der Waals surface area contributed by atoms with E-state index in [1.54, 1.807) is 0 Å². The van der Waals surface area contributed by atoms with E-state index in [0.717, 1.165) is 23.0 Å². The summed E-state index contributed by atoms with van der Waals surface area (Å²) >= 11 is 6.17. The Morgan fingerprint density at radius 2 is 2.00 bits per heavy atom. The highest BCUT2D eigenvalue weighted by molar-refractivity contribution is 6.89. The Hall–Kier alpha value is -0.983. The van der Waals surface area contributed by atoms with E-state index in [0.29, 0.717) is 10.7 Å². The van der Waals surface area contributed by atoms with Gasteiger partial charge in [0, 0.05) is 5.32 Å². The SMILES string of the molecule is C#Cc1nc([Si](C)(C)C)c(N)c(CC)c1Cl. The molecule has 1 heterocycles. The van der Waals surface area contributed by atoms with Crippen LogP contribution in [0.4, 0.5) is 5.69 Å². The Bertz CT molecular complexity index is 456. The third-order valence-corrected chi connectivity index (χ3v) is 4.69. The van der Waals surface area contributed by atoms with Gasteiger partial charge in [-0.25, -0.2) is 4.98 Å². The fourth-order valence-corrected chi connectivity index (χ4v) is 3.38. The molecule has 1 aromatic rings. The third-order valence-electron chi connectivity index (χ3n) is 2.48. The molecule has 0 aliphatic rings. The standard InChI is InChI=1S/C12H17ClN2Si/c1-6-8-10(13)9(7-2)15-12(11(8)14)16(3,4)5/h2H,6,14H2,1,3-5H3. The van der Waals surface area contributed by atoms with E-state index >= 15 is 0 Å². The summed E-state index contributed by atoms with van der Waals surface area (Å²) in [4.78, 5) is 4.44. The highest BCUT2D eigenvalue weighted by Gasteiger charge is 2.25. The number of nitrogens with zero attached hydrogens (tertiary/aromatic N) is 1. The molecular weight excluding hydrogens is 236 g/mol. The van der Waals surface area contributed by atoms with Crippen LogP contribution in [0.5, 0.6) is 0 Å². The molecule has 0 aliphatic heterocycles. The second-order valence-electron chi connectivity index (χ2n) is 4.76. The number of pyridine rings is 1. The maximum absolute atomic E-state index is 6.17. The molecule has 0 atom stereocenters. The van der Waals surface area contributed by atoms with Gasteiger partial charge in [-0.05, 0) is 17.9 Å². The van der Waals surface area contributed by atoms with Crippen molar-refractivity contribution in [2.75, 3.05) is 5.73 Å². The number of aromatic nitrogens is 1. The fourth-order valence-electron chi connectivity index (χ4n) is 1.64. The molecule has 0 saturated carbocycles. The molecule has 0 aromatic carbocycles. The number of hydrogen-bond donors (Lipinski definition) is 1. The monoisotopic (exact) mass is 252 g/mol. The molecule has 4 heteroatoms. The Morgan fingerprint density at radius 1 is 1.44 bits per heavy atom. The smallest absolute Gasteiger partial charge is 0.131 e. The van der Waals surface area contributed by atoms with Crippen LogP contribution in [0.2, 0.25) is 24.7 Å². The van der Waals surface area contributed by atoms with E-state index in [1.165, 1.54) is 0 Å². The van der Waals surface area contributed by atoms with E-state index in [2.05, 4.69) is 30.5 Å². The van der Waals surface area contributed by atoms with Crippen molar-refractivity contribution in [3.63, 3.8) is 0 Å². The first-order chi connectivity index (χ1) is 7.32. The summed E-state index contributed by atoms with van der Waals surface area (Å²) in [6.07, 6.45) is 6.19. The van der Waals surface area contributed by atoms with Crippen LogP contribution in [0.3, 0.4) is 0 Å². The van der Waals surface area contributed by atoms with Gasteiger partial charge in [-0.15, -0.1) is 6.42 Å². The first-order valence-corrected chi connectivity index (χ1v) is 9.15. The highest BCUT2D eigenvalue weighted by atomic mass is 35.5. The lowest BCUT2D eigenvalue weighted by Crippen LogP contribution is -2.43. The van der Waals surface area contributed by atoms with Gasteiger partial charge in [0.15, 0.2) is 0 Å². The maximum Gasteiger partial charge on any atom is 0.131 e. The second-order valence-corrected chi connectivity index (χ2v) is 10.1. The second kappa shape index (κ2) is 4.48. The number of rotatable bonds is 2. The molecule has 16 heavy (non-hydrogen) atoms. The molecule has 0 fully saturated rings. The minimum Gasteiger partial charge on any atom is -0.397 e. The van der Waals surface area contributed by atoms with Gasteiger partial charge in [-0.2, -0.15) is 0 Å². The summed E-state index contributed by atoms with van der Waals surface area (Å²) in [6, 6.07) is 0. The number of hydrogen-bond acceptors (Lipinski definition) is 2. The molecule has 0 radical (unpaired) electrons. The quantitative estimate of drug-likeness (QED) is 0.649. The molecule has 0 amide bonds. The van der Waals surface area contributed by atoms with Crippen molar-refractivity contribution in [2.45, 2.75) is 33.0 Å². The molecule has 86 valence electrons. The highest BCUT2D eigenvalue weighted by Crippen LogP contribution is 2.25. The van der Waals surface area contributed by atoms with E-state index in [4.69, 9.17) is 23.8 Å². The van der Waals surface area contributed by atoms with Gasteiger partial charge in [0.2, 0.25) is 0 Å². The zero-order valence-corrected chi connectivity index (χ0v) is 11.9. The first kappa shape index (κ1) is 13.1. The molecule has 0 aliphatic carbocycles. The van der Waals surface area contributed by atoms with E-state index in [9.17, 15) is 0 Å². The van der Waals surface area contributed by atoms with Gasteiger partial charge >= 0.3 is 0 Å². The van der Waals surface area contributed by atoms with Crippen molar-refractivity contribution in [2.24, 2.45) is 0 Å². The van der Waals surface area contributed by atoms with Crippen LogP contribution in [-0.2, 0) is 6.42 Å². The number of anilines is 1. The molecule has 0 unspecified atom stereocenters. The predicted molar refractivity (Wildman–Crippen MR) is 74.0 cm³/mol. The summed E-state index contributed by atoms with van der Waals surface area (Å²) in [6.45, 7) is 8.60. The van der Waals surface area contributed by atoms with E-state index in [-0.39, 0.29) is 0 Å². The lowest BCUT2D eigenvalue weighted by atomic mass is 10.1. The van der Waals surface area contributed by atoms with Crippen LogP contribution in [0.15, 0.2) is 0 Å². The van der Waals surface area contributed by atoms with Crippen molar-refractivity contribution in [3.8, 4) is 12.3 Å². The average Bonchev–Trinajstić information content (AvgIpc) is 2.17. The summed E-state index contributed by atoms with van der Waals surface area (Å²) in [5.41, 5.74) is 8.30. The van der Waals surface area contributed by atoms with Crippen molar-refractivity contribution in [3.05, 3.63) is 16.3 Å². The van der Waals surface area contributed by atoms with Crippen molar-refractivity contribution in [1.82, 2.24) is 4.98 Å². The summed E-state index contributed by atoms with van der Waals surface area (Å²) in [7, 11) is -1.59. The minimum atomic E-state index is -1.59. The van der Waals surface area contributed by atoms with Crippen molar-refractivity contribution >= 4 is 30.7 Å². The molecule has 1 aromatic heterocycles. The third kappa shape index (κ3) is 2.23. The van der Waals surface area contributed by atoms with Gasteiger partial charge in [0.05, 0.1) is 10.7 Å². The van der Waals surface area contributed by atoms with Gasteiger partial charge in [0.1, 0.15) is 13.8 Å². The Labute approximate surface area is 103 Å². The van der Waals surface area contributed by atoms with Crippen LogP contribution >= 0.6 is 11.6 Å². The van der Waals surface area contributed by atoms with Gasteiger partial charge < -0.3 is 5.73 Å². The molecule has 0 bridgehead atoms. The maximum atomic E-state index is 6.17. The molecule has 2 N–H and O–H groups in total. The molecule has 0 saturated heterocycles. The molecular formula is C12H17ClN2Si. The molecule has 0 spiro atoms. The predicted octanol–water partition coefficient (Wildman–Crippen LogP) is 2.41. The lowest BCUT2D eigenvalue weighted by Gasteiger charge is -2.21. The summed E-state index contributed by atoms with van der Waals surface area (Å²) in [5.74, 6) is 2.53. The summed E-state index contributed by atoms with van der Waals surface area (Å²) in [5, 5.41) is 1.49.